The molecule has 0 aliphatic carbocycles. The molecule has 2 atom stereocenters. The Hall–Kier alpha value is -2.08. The van der Waals surface area contributed by atoms with Crippen LogP contribution in [0, 0.1) is 0 Å². The molecule has 0 heterocycles. The number of carbonyl (C=O) groups is 2. The summed E-state index contributed by atoms with van der Waals surface area (Å²) in [6, 6.07) is 6.29. The van der Waals surface area contributed by atoms with Crippen LogP contribution in [0.15, 0.2) is 30.3 Å². The zero-order chi connectivity index (χ0) is 12.1. The second-order valence-electron chi connectivity index (χ2n) is 3.18. The molecule has 0 fully saturated rings. The number of amides is 2. The first kappa shape index (κ1) is 12.0. The standard InChI is InChI=1S/C10H12N2O4/c11-10(16)12-7(8(13)9(14)15)6-4-2-1-3-5-6/h1-5,7-8,13H,(H,14,15)(H3,11,12,16)/t7-,8+/m1/s1. The lowest BCUT2D eigenvalue weighted by Crippen LogP contribution is -2.42. The Morgan fingerprint density at radius 2 is 1.81 bits per heavy atom. The van der Waals surface area contributed by atoms with Gasteiger partial charge in [-0.15, -0.1) is 0 Å². The number of hydrogen-bond donors (Lipinski definition) is 4. The Kier molecular flexibility index (Phi) is 3.84. The molecule has 0 bridgehead atoms. The van der Waals surface area contributed by atoms with E-state index in [0.717, 1.165) is 0 Å². The Labute approximate surface area is 91.7 Å². The highest BCUT2D eigenvalue weighted by Gasteiger charge is 2.27. The van der Waals surface area contributed by atoms with E-state index >= 15 is 0 Å². The Balaban J connectivity index is 2.96. The smallest absolute Gasteiger partial charge is 0.335 e. The van der Waals surface area contributed by atoms with E-state index in [1.54, 1.807) is 30.3 Å². The van der Waals surface area contributed by atoms with Crippen molar-refractivity contribution in [2.75, 3.05) is 0 Å². The zero-order valence-corrected chi connectivity index (χ0v) is 8.33. The van der Waals surface area contributed by atoms with Gasteiger partial charge in [-0.2, -0.15) is 0 Å². The van der Waals surface area contributed by atoms with E-state index < -0.39 is 24.1 Å². The molecule has 1 aromatic carbocycles. The molecule has 0 saturated carbocycles. The number of carbonyl (C=O) groups excluding carboxylic acids is 1. The highest BCUT2D eigenvalue weighted by Crippen LogP contribution is 2.16. The average molecular weight is 224 g/mol. The number of rotatable bonds is 4. The molecule has 0 radical (unpaired) electrons. The van der Waals surface area contributed by atoms with Gasteiger partial charge >= 0.3 is 12.0 Å². The fourth-order valence-corrected chi connectivity index (χ4v) is 1.30. The average Bonchev–Trinajstić information content (AvgIpc) is 2.26. The van der Waals surface area contributed by atoms with Crippen molar-refractivity contribution in [3.05, 3.63) is 35.9 Å². The van der Waals surface area contributed by atoms with Crippen LogP contribution in [-0.2, 0) is 4.79 Å². The number of aliphatic hydroxyl groups is 1. The molecule has 16 heavy (non-hydrogen) atoms. The van der Waals surface area contributed by atoms with Gasteiger partial charge in [0.25, 0.3) is 0 Å². The van der Waals surface area contributed by atoms with Gasteiger partial charge in [-0.1, -0.05) is 30.3 Å². The third-order valence-corrected chi connectivity index (χ3v) is 2.03. The summed E-state index contributed by atoms with van der Waals surface area (Å²) in [7, 11) is 0. The minimum atomic E-state index is -1.74. The minimum absolute atomic E-state index is 0.469. The number of hydrogen-bond acceptors (Lipinski definition) is 3. The molecule has 2 amide bonds. The number of urea groups is 1. The van der Waals surface area contributed by atoms with Crippen LogP contribution in [0.4, 0.5) is 4.79 Å². The summed E-state index contributed by atoms with van der Waals surface area (Å²) in [5.41, 5.74) is 5.38. The molecule has 6 nitrogen and oxygen atoms in total. The predicted octanol–water partition coefficient (Wildman–Crippen LogP) is -0.159. The van der Waals surface area contributed by atoms with Crippen LogP contribution in [0.2, 0.25) is 0 Å². The molecule has 1 rings (SSSR count). The largest absolute Gasteiger partial charge is 0.479 e. The van der Waals surface area contributed by atoms with E-state index in [2.05, 4.69) is 5.32 Å². The number of primary amides is 1. The number of aliphatic hydroxyl groups excluding tert-OH is 1. The summed E-state index contributed by atoms with van der Waals surface area (Å²) in [6.07, 6.45) is -1.74. The fourth-order valence-electron chi connectivity index (χ4n) is 1.30. The lowest BCUT2D eigenvalue weighted by atomic mass is 10.0. The molecular weight excluding hydrogens is 212 g/mol. The van der Waals surface area contributed by atoms with Crippen molar-refractivity contribution in [1.82, 2.24) is 5.32 Å². The molecule has 0 aliphatic heterocycles. The van der Waals surface area contributed by atoms with Gasteiger partial charge in [-0.05, 0) is 5.56 Å². The van der Waals surface area contributed by atoms with Crippen LogP contribution in [0.3, 0.4) is 0 Å². The van der Waals surface area contributed by atoms with Crippen molar-refractivity contribution in [3.8, 4) is 0 Å². The highest BCUT2D eigenvalue weighted by molar-refractivity contribution is 5.77. The normalized spacial score (nSPS) is 13.8. The van der Waals surface area contributed by atoms with Crippen molar-refractivity contribution in [2.45, 2.75) is 12.1 Å². The zero-order valence-electron chi connectivity index (χ0n) is 8.33. The van der Waals surface area contributed by atoms with E-state index in [-0.39, 0.29) is 0 Å². The lowest BCUT2D eigenvalue weighted by Gasteiger charge is -2.20. The maximum absolute atomic E-state index is 10.7. The molecule has 0 aliphatic rings. The summed E-state index contributed by atoms with van der Waals surface area (Å²) in [6.45, 7) is 0. The van der Waals surface area contributed by atoms with Gasteiger partial charge in [0.05, 0.1) is 6.04 Å². The number of nitrogens with two attached hydrogens (primary N) is 1. The second-order valence-corrected chi connectivity index (χ2v) is 3.18. The van der Waals surface area contributed by atoms with E-state index in [9.17, 15) is 14.7 Å². The van der Waals surface area contributed by atoms with Crippen LogP contribution in [-0.4, -0.2) is 28.3 Å². The van der Waals surface area contributed by atoms with Gasteiger partial charge in [0.2, 0.25) is 0 Å². The van der Waals surface area contributed by atoms with Crippen molar-refractivity contribution in [2.24, 2.45) is 5.73 Å². The molecule has 0 aromatic heterocycles. The van der Waals surface area contributed by atoms with Crippen LogP contribution < -0.4 is 11.1 Å². The Morgan fingerprint density at radius 3 is 2.25 bits per heavy atom. The van der Waals surface area contributed by atoms with Crippen LogP contribution in [0.5, 0.6) is 0 Å². The van der Waals surface area contributed by atoms with E-state index in [0.29, 0.717) is 5.56 Å². The van der Waals surface area contributed by atoms with E-state index in [1.807, 2.05) is 0 Å². The van der Waals surface area contributed by atoms with Gasteiger partial charge in [0.1, 0.15) is 0 Å². The van der Waals surface area contributed by atoms with Crippen LogP contribution >= 0.6 is 0 Å². The monoisotopic (exact) mass is 224 g/mol. The van der Waals surface area contributed by atoms with Crippen LogP contribution in [0.1, 0.15) is 11.6 Å². The third-order valence-electron chi connectivity index (χ3n) is 2.03. The number of benzene rings is 1. The molecule has 6 heteroatoms. The maximum Gasteiger partial charge on any atom is 0.335 e. The summed E-state index contributed by atoms with van der Waals surface area (Å²) < 4.78 is 0. The van der Waals surface area contributed by atoms with Gasteiger partial charge in [0.15, 0.2) is 6.10 Å². The molecule has 0 spiro atoms. The first-order valence-electron chi connectivity index (χ1n) is 4.54. The van der Waals surface area contributed by atoms with Crippen LogP contribution in [0.25, 0.3) is 0 Å². The molecule has 86 valence electrons. The maximum atomic E-state index is 10.7. The summed E-state index contributed by atoms with van der Waals surface area (Å²) in [4.78, 5) is 21.4. The lowest BCUT2D eigenvalue weighted by molar-refractivity contribution is -0.148. The first-order valence-corrected chi connectivity index (χ1v) is 4.54. The van der Waals surface area contributed by atoms with Gasteiger partial charge in [0, 0.05) is 0 Å². The first-order chi connectivity index (χ1) is 7.52. The van der Waals surface area contributed by atoms with Gasteiger partial charge in [-0.3, -0.25) is 0 Å². The number of carboxylic acids is 1. The SMILES string of the molecule is NC(=O)N[C@H](c1ccccc1)[C@H](O)C(=O)O. The van der Waals surface area contributed by atoms with Crippen molar-refractivity contribution >= 4 is 12.0 Å². The Bertz CT molecular complexity index is 380. The summed E-state index contributed by atoms with van der Waals surface area (Å²) in [5, 5.41) is 20.3. The molecule has 5 N–H and O–H groups in total. The summed E-state index contributed by atoms with van der Waals surface area (Å²) >= 11 is 0. The van der Waals surface area contributed by atoms with E-state index in [4.69, 9.17) is 10.8 Å². The molecule has 0 unspecified atom stereocenters. The summed E-state index contributed by atoms with van der Waals surface area (Å²) in [5.74, 6) is -1.43. The molecule has 1 aromatic rings. The number of nitrogens with one attached hydrogen (secondary N) is 1. The topological polar surface area (TPSA) is 113 Å². The van der Waals surface area contributed by atoms with Crippen molar-refractivity contribution < 1.29 is 19.8 Å². The van der Waals surface area contributed by atoms with Gasteiger partial charge < -0.3 is 21.3 Å². The van der Waals surface area contributed by atoms with Gasteiger partial charge in [-0.25, -0.2) is 9.59 Å². The van der Waals surface area contributed by atoms with E-state index in [1.165, 1.54) is 0 Å². The Morgan fingerprint density at radius 1 is 1.25 bits per heavy atom. The highest BCUT2D eigenvalue weighted by atomic mass is 16.4. The van der Waals surface area contributed by atoms with Crippen molar-refractivity contribution in [1.29, 1.82) is 0 Å². The number of aliphatic carboxylic acids is 1. The second kappa shape index (κ2) is 5.13. The number of carboxylic acid groups (broad SMARTS) is 1. The predicted molar refractivity (Wildman–Crippen MR) is 55.5 cm³/mol. The quantitative estimate of drug-likeness (QED) is 0.569. The minimum Gasteiger partial charge on any atom is -0.479 e. The van der Waals surface area contributed by atoms with Crippen molar-refractivity contribution in [3.63, 3.8) is 0 Å². The molecular formula is C10H12N2O4. The fraction of sp³-hybridized carbons (Fsp3) is 0.200. The molecule has 0 saturated heterocycles. The third kappa shape index (κ3) is 2.96.